The first-order chi connectivity index (χ1) is 30.0. The van der Waals surface area contributed by atoms with Gasteiger partial charge in [0.2, 0.25) is 5.91 Å². The summed E-state index contributed by atoms with van der Waals surface area (Å²) in [5.74, 6) is -0.216. The zero-order valence-electron chi connectivity index (χ0n) is 41.1. The Hall–Kier alpha value is -1.80. The van der Waals surface area contributed by atoms with Crippen LogP contribution >= 0.6 is 7.82 Å². The van der Waals surface area contributed by atoms with Crippen LogP contribution < -0.4 is 10.2 Å². The van der Waals surface area contributed by atoms with Gasteiger partial charge in [0.05, 0.1) is 39.9 Å². The van der Waals surface area contributed by atoms with Gasteiger partial charge >= 0.3 is 0 Å². The van der Waals surface area contributed by atoms with Crippen LogP contribution in [0.25, 0.3) is 0 Å². The molecular weight excluding hydrogens is 792 g/mol. The van der Waals surface area contributed by atoms with E-state index in [4.69, 9.17) is 9.05 Å². The van der Waals surface area contributed by atoms with Gasteiger partial charge in [-0.1, -0.05) is 203 Å². The number of carbonyl (C=O) groups is 1. The van der Waals surface area contributed by atoms with Crippen LogP contribution in [0.2, 0.25) is 0 Å². The van der Waals surface area contributed by atoms with Gasteiger partial charge < -0.3 is 28.8 Å². The van der Waals surface area contributed by atoms with Crippen LogP contribution in [0.5, 0.6) is 0 Å². The molecule has 362 valence electrons. The number of amides is 1. The van der Waals surface area contributed by atoms with Crippen LogP contribution in [-0.4, -0.2) is 68.5 Å². The second-order valence-electron chi connectivity index (χ2n) is 18.5. The second kappa shape index (κ2) is 44.4. The summed E-state index contributed by atoms with van der Waals surface area (Å²) in [6, 6.07) is -0.913. The molecule has 2 N–H and O–H groups in total. The van der Waals surface area contributed by atoms with Gasteiger partial charge in [-0.05, 0) is 70.6 Å². The second-order valence-corrected chi connectivity index (χ2v) is 19.9. The first kappa shape index (κ1) is 60.2. The summed E-state index contributed by atoms with van der Waals surface area (Å²) in [6.07, 6.45) is 58.5. The lowest BCUT2D eigenvalue weighted by Crippen LogP contribution is -2.45. The molecule has 8 nitrogen and oxygen atoms in total. The Bertz CT molecular complexity index is 1190. The molecule has 0 bridgehead atoms. The van der Waals surface area contributed by atoms with Crippen molar-refractivity contribution >= 4 is 13.7 Å². The highest BCUT2D eigenvalue weighted by molar-refractivity contribution is 7.45. The molecule has 0 aliphatic carbocycles. The number of allylic oxidation sites excluding steroid dienone is 9. The number of likely N-dealkylation sites (N-methyl/N-ethyl adjacent to an activating group) is 1. The standard InChI is InChI=1S/C53H99N2O6P/c1-6-8-10-12-14-16-18-20-22-24-26-27-29-30-32-34-36-38-40-42-44-46-52(56)51(50-61-62(58,59)60-49-48-55(3,4)5)54-53(57)47-45-43-41-39-37-35-33-31-28-25-23-21-19-17-15-13-11-9-7-2/h15,17,19,21,29-30,36,38,44,46,51-52,56H,6-14,16,18,20,22-28,31-35,37,39-43,45,47-50H2,1-5H3,(H-,54,57,58,59)/b17-15-,21-19-,30-29+,38-36+,46-44+. The van der Waals surface area contributed by atoms with Gasteiger partial charge in [-0.15, -0.1) is 0 Å². The van der Waals surface area contributed by atoms with Gasteiger partial charge in [-0.3, -0.25) is 9.36 Å². The maximum atomic E-state index is 12.9. The fraction of sp³-hybridized carbons (Fsp3) is 0.792. The molecule has 1 amide bonds. The van der Waals surface area contributed by atoms with Crippen molar-refractivity contribution in [3.63, 3.8) is 0 Å². The van der Waals surface area contributed by atoms with E-state index in [1.54, 1.807) is 6.08 Å². The molecule has 0 aromatic heterocycles. The molecule has 3 unspecified atom stereocenters. The first-order valence-corrected chi connectivity index (χ1v) is 27.1. The maximum absolute atomic E-state index is 12.9. The number of unbranched alkanes of at least 4 members (excludes halogenated alkanes) is 26. The smallest absolute Gasteiger partial charge is 0.268 e. The molecule has 0 aromatic rings. The highest BCUT2D eigenvalue weighted by atomic mass is 31.2. The molecule has 3 atom stereocenters. The predicted molar refractivity (Wildman–Crippen MR) is 265 cm³/mol. The van der Waals surface area contributed by atoms with E-state index in [0.717, 1.165) is 51.4 Å². The van der Waals surface area contributed by atoms with Crippen molar-refractivity contribution in [2.75, 3.05) is 40.9 Å². The van der Waals surface area contributed by atoms with Crippen molar-refractivity contribution in [3.05, 3.63) is 60.8 Å². The van der Waals surface area contributed by atoms with E-state index in [2.05, 4.69) is 67.8 Å². The van der Waals surface area contributed by atoms with E-state index in [9.17, 15) is 19.4 Å². The lowest BCUT2D eigenvalue weighted by atomic mass is 10.0. The van der Waals surface area contributed by atoms with Crippen molar-refractivity contribution < 1.29 is 32.9 Å². The first-order valence-electron chi connectivity index (χ1n) is 25.7. The zero-order valence-corrected chi connectivity index (χ0v) is 42.0. The number of phosphoric ester groups is 1. The normalized spacial score (nSPS) is 14.6. The topological polar surface area (TPSA) is 108 Å². The molecule has 0 radical (unpaired) electrons. The fourth-order valence-electron chi connectivity index (χ4n) is 7.12. The van der Waals surface area contributed by atoms with E-state index >= 15 is 0 Å². The van der Waals surface area contributed by atoms with Gasteiger partial charge in [0.15, 0.2) is 0 Å². The Kier molecular flexibility index (Phi) is 43.1. The van der Waals surface area contributed by atoms with Gasteiger partial charge in [-0.25, -0.2) is 0 Å². The Morgan fingerprint density at radius 3 is 1.44 bits per heavy atom. The monoisotopic (exact) mass is 891 g/mol. The van der Waals surface area contributed by atoms with Gasteiger partial charge in [0.1, 0.15) is 13.2 Å². The average Bonchev–Trinajstić information content (AvgIpc) is 3.23. The van der Waals surface area contributed by atoms with Crippen LogP contribution in [-0.2, 0) is 18.4 Å². The van der Waals surface area contributed by atoms with Gasteiger partial charge in [0, 0.05) is 6.42 Å². The van der Waals surface area contributed by atoms with Crippen LogP contribution in [0.15, 0.2) is 60.8 Å². The Labute approximate surface area is 383 Å². The van der Waals surface area contributed by atoms with E-state index < -0.39 is 26.6 Å². The third-order valence-electron chi connectivity index (χ3n) is 11.2. The lowest BCUT2D eigenvalue weighted by Gasteiger charge is -2.29. The van der Waals surface area contributed by atoms with E-state index in [-0.39, 0.29) is 12.5 Å². The third-order valence-corrected chi connectivity index (χ3v) is 12.2. The molecule has 0 heterocycles. The molecule has 0 aliphatic rings. The van der Waals surface area contributed by atoms with E-state index in [0.29, 0.717) is 17.4 Å². The average molecular weight is 891 g/mol. The van der Waals surface area contributed by atoms with Crippen molar-refractivity contribution in [2.24, 2.45) is 0 Å². The van der Waals surface area contributed by atoms with Crippen LogP contribution in [0.1, 0.15) is 219 Å². The maximum Gasteiger partial charge on any atom is 0.268 e. The Morgan fingerprint density at radius 1 is 0.565 bits per heavy atom. The summed E-state index contributed by atoms with van der Waals surface area (Å²) in [6.45, 7) is 4.59. The summed E-state index contributed by atoms with van der Waals surface area (Å²) in [4.78, 5) is 25.4. The fourth-order valence-corrected chi connectivity index (χ4v) is 7.84. The lowest BCUT2D eigenvalue weighted by molar-refractivity contribution is -0.870. The third kappa shape index (κ3) is 46.2. The number of phosphoric acid groups is 1. The van der Waals surface area contributed by atoms with Gasteiger partial charge in [0.25, 0.3) is 7.82 Å². The van der Waals surface area contributed by atoms with Crippen LogP contribution in [0.3, 0.4) is 0 Å². The summed E-state index contributed by atoms with van der Waals surface area (Å²) >= 11 is 0. The number of rotatable bonds is 46. The van der Waals surface area contributed by atoms with Crippen molar-refractivity contribution in [2.45, 2.75) is 231 Å². The number of hydrogen-bond donors (Lipinski definition) is 2. The van der Waals surface area contributed by atoms with E-state index in [1.807, 2.05) is 27.2 Å². The molecule has 0 fully saturated rings. The van der Waals surface area contributed by atoms with Crippen molar-refractivity contribution in [3.8, 4) is 0 Å². The molecule has 0 aliphatic heterocycles. The number of aliphatic hydroxyl groups excluding tert-OH is 1. The minimum absolute atomic E-state index is 0.0115. The molecule has 9 heteroatoms. The Morgan fingerprint density at radius 2 is 0.952 bits per heavy atom. The molecule has 0 spiro atoms. The summed E-state index contributed by atoms with van der Waals surface area (Å²) in [5.41, 5.74) is 0. The number of quaternary nitrogens is 1. The molecule has 62 heavy (non-hydrogen) atoms. The van der Waals surface area contributed by atoms with Crippen LogP contribution in [0, 0.1) is 0 Å². The number of hydrogen-bond acceptors (Lipinski definition) is 6. The van der Waals surface area contributed by atoms with Crippen molar-refractivity contribution in [1.82, 2.24) is 5.32 Å². The zero-order chi connectivity index (χ0) is 45.7. The number of nitrogens with zero attached hydrogens (tertiary/aromatic N) is 1. The van der Waals surface area contributed by atoms with E-state index in [1.165, 1.54) is 148 Å². The number of carbonyl (C=O) groups excluding carboxylic acids is 1. The van der Waals surface area contributed by atoms with Crippen LogP contribution in [0.4, 0.5) is 0 Å². The molecule has 0 saturated heterocycles. The Balaban J connectivity index is 4.40. The summed E-state index contributed by atoms with van der Waals surface area (Å²) in [7, 11) is 1.23. The SMILES string of the molecule is CCCCC/C=C\C=C/CCCCCCCCCCCCC(=O)NC(COP(=O)([O-])OCC[N+](C)(C)C)C(O)/C=C/CC/C=C/CC/C=C/CCCCCCCCCCCCC. The highest BCUT2D eigenvalue weighted by Crippen LogP contribution is 2.38. The summed E-state index contributed by atoms with van der Waals surface area (Å²) < 4.78 is 23.3. The molecule has 0 saturated carbocycles. The minimum atomic E-state index is -4.61. The van der Waals surface area contributed by atoms with Crippen molar-refractivity contribution in [1.29, 1.82) is 0 Å². The summed E-state index contributed by atoms with van der Waals surface area (Å²) in [5, 5.41) is 13.8. The highest BCUT2D eigenvalue weighted by Gasteiger charge is 2.23. The number of aliphatic hydroxyl groups is 1. The number of nitrogens with one attached hydrogen (secondary N) is 1. The minimum Gasteiger partial charge on any atom is -0.756 e. The quantitative estimate of drug-likeness (QED) is 0.0207. The van der Waals surface area contributed by atoms with Gasteiger partial charge in [-0.2, -0.15) is 0 Å². The molecular formula is C53H99N2O6P. The largest absolute Gasteiger partial charge is 0.756 e. The predicted octanol–water partition coefficient (Wildman–Crippen LogP) is 14.3. The molecule has 0 aromatic carbocycles. The molecule has 0 rings (SSSR count).